The number of imide groups is 1. The van der Waals surface area contributed by atoms with Gasteiger partial charge in [-0.2, -0.15) is 0 Å². The van der Waals surface area contributed by atoms with E-state index in [1.54, 1.807) is 12.1 Å². The number of anilines is 1. The maximum atomic E-state index is 13.9. The fourth-order valence-electron chi connectivity index (χ4n) is 5.45. The summed E-state index contributed by atoms with van der Waals surface area (Å²) in [5, 5.41) is 5.18. The van der Waals surface area contributed by atoms with Crippen molar-refractivity contribution in [2.45, 2.75) is 58.4 Å². The van der Waals surface area contributed by atoms with Crippen LogP contribution in [0.2, 0.25) is 0 Å². The number of nitrogens with two attached hydrogens (primary N) is 1. The van der Waals surface area contributed by atoms with Crippen molar-refractivity contribution in [3.8, 4) is 5.75 Å². The summed E-state index contributed by atoms with van der Waals surface area (Å²) in [4.78, 5) is 54.3. The number of ether oxygens (including phenoxy) is 1. The highest BCUT2D eigenvalue weighted by molar-refractivity contribution is 7.89. The molecule has 2 aromatic carbocycles. The molecular formula is C28H33N3O7S. The van der Waals surface area contributed by atoms with Gasteiger partial charge in [-0.3, -0.25) is 19.2 Å². The minimum absolute atomic E-state index is 0.0207. The molecule has 4 rings (SSSR count). The molecule has 2 N–H and O–H groups in total. The lowest BCUT2D eigenvalue weighted by molar-refractivity contribution is -0.140. The maximum Gasteiger partial charge on any atom is 0.308 e. The fourth-order valence-corrected chi connectivity index (χ4v) is 5.97. The average Bonchev–Trinajstić information content (AvgIpc) is 3.07. The first-order valence-electron chi connectivity index (χ1n) is 12.6. The van der Waals surface area contributed by atoms with Crippen molar-refractivity contribution < 1.29 is 32.3 Å². The first kappa shape index (κ1) is 28.4. The highest BCUT2D eigenvalue weighted by atomic mass is 32.2. The lowest BCUT2D eigenvalue weighted by Gasteiger charge is -2.29. The Kier molecular flexibility index (Phi) is 7.20. The molecule has 1 aliphatic carbocycles. The van der Waals surface area contributed by atoms with Gasteiger partial charge in [-0.1, -0.05) is 39.8 Å². The van der Waals surface area contributed by atoms with Gasteiger partial charge >= 0.3 is 5.97 Å². The number of esters is 1. The van der Waals surface area contributed by atoms with E-state index in [0.29, 0.717) is 12.1 Å². The van der Waals surface area contributed by atoms with Crippen LogP contribution in [0.5, 0.6) is 5.75 Å². The van der Waals surface area contributed by atoms with E-state index in [-0.39, 0.29) is 46.3 Å². The second-order valence-electron chi connectivity index (χ2n) is 11.2. The Morgan fingerprint density at radius 3 is 2.05 bits per heavy atom. The van der Waals surface area contributed by atoms with Crippen LogP contribution in [-0.4, -0.2) is 49.6 Å². The monoisotopic (exact) mass is 555 g/mol. The zero-order valence-electron chi connectivity index (χ0n) is 22.6. The minimum atomic E-state index is -3.84. The standard InChI is InChI=1S/C28H33N3O7S/c1-17(32)38-20-10-8-19(9-11-20)31-23(33)16-22(25(31)34)30(26(35)24-27(2,3)28(24,4)5)15-14-18-6-12-21(13-7-18)39(29,36)37/h6-13,22,24H,14-16H2,1-5H3,(H2,29,36,37). The topological polar surface area (TPSA) is 144 Å². The molecule has 1 heterocycles. The smallest absolute Gasteiger partial charge is 0.308 e. The van der Waals surface area contributed by atoms with Gasteiger partial charge in [0.25, 0.3) is 5.91 Å². The first-order chi connectivity index (χ1) is 18.1. The van der Waals surface area contributed by atoms with Crippen LogP contribution in [0.25, 0.3) is 0 Å². The van der Waals surface area contributed by atoms with Gasteiger partial charge in [-0.25, -0.2) is 18.5 Å². The van der Waals surface area contributed by atoms with Crippen molar-refractivity contribution >= 4 is 39.4 Å². The summed E-state index contributed by atoms with van der Waals surface area (Å²) < 4.78 is 28.2. The molecule has 1 aliphatic heterocycles. The van der Waals surface area contributed by atoms with Gasteiger partial charge in [-0.15, -0.1) is 0 Å². The largest absolute Gasteiger partial charge is 0.427 e. The number of sulfonamides is 1. The number of carbonyl (C=O) groups is 4. The summed E-state index contributed by atoms with van der Waals surface area (Å²) in [6.07, 6.45) is 0.188. The van der Waals surface area contributed by atoms with Gasteiger partial charge in [0, 0.05) is 19.4 Å². The van der Waals surface area contributed by atoms with Crippen molar-refractivity contribution in [2.24, 2.45) is 21.9 Å². The van der Waals surface area contributed by atoms with E-state index in [1.807, 2.05) is 27.7 Å². The highest BCUT2D eigenvalue weighted by Gasteiger charge is 2.69. The van der Waals surface area contributed by atoms with Crippen LogP contribution in [0, 0.1) is 16.7 Å². The van der Waals surface area contributed by atoms with E-state index in [0.717, 1.165) is 10.5 Å². The Bertz CT molecular complexity index is 1420. The van der Waals surface area contributed by atoms with Crippen LogP contribution < -0.4 is 14.8 Å². The summed E-state index contributed by atoms with van der Waals surface area (Å²) in [6.45, 7) is 9.49. The molecule has 0 aromatic heterocycles. The number of amides is 3. The molecule has 0 bridgehead atoms. The van der Waals surface area contributed by atoms with Crippen molar-refractivity contribution in [3.05, 3.63) is 54.1 Å². The molecule has 39 heavy (non-hydrogen) atoms. The van der Waals surface area contributed by atoms with E-state index >= 15 is 0 Å². The molecule has 2 fully saturated rings. The Morgan fingerprint density at radius 1 is 1.00 bits per heavy atom. The number of primary sulfonamides is 1. The molecule has 1 saturated heterocycles. The number of nitrogens with zero attached hydrogens (tertiary/aromatic N) is 2. The van der Waals surface area contributed by atoms with Crippen LogP contribution in [-0.2, 0) is 35.6 Å². The summed E-state index contributed by atoms with van der Waals surface area (Å²) in [5.74, 6) is -1.66. The molecule has 1 atom stereocenters. The van der Waals surface area contributed by atoms with Crippen molar-refractivity contribution in [2.75, 3.05) is 11.4 Å². The molecule has 208 valence electrons. The molecule has 3 amide bonds. The molecule has 0 spiro atoms. The highest BCUT2D eigenvalue weighted by Crippen LogP contribution is 2.69. The molecule has 2 aliphatic rings. The predicted molar refractivity (Wildman–Crippen MR) is 143 cm³/mol. The maximum absolute atomic E-state index is 13.9. The van der Waals surface area contributed by atoms with Crippen LogP contribution in [0.4, 0.5) is 5.69 Å². The normalized spacial score (nSPS) is 20.2. The van der Waals surface area contributed by atoms with E-state index in [2.05, 4.69) is 0 Å². The van der Waals surface area contributed by atoms with Gasteiger partial charge < -0.3 is 9.64 Å². The average molecular weight is 556 g/mol. The first-order valence-corrected chi connectivity index (χ1v) is 14.2. The summed E-state index contributed by atoms with van der Waals surface area (Å²) in [5.41, 5.74) is 0.514. The van der Waals surface area contributed by atoms with E-state index in [4.69, 9.17) is 9.88 Å². The van der Waals surface area contributed by atoms with Crippen LogP contribution in [0.15, 0.2) is 53.4 Å². The Labute approximate surface area is 228 Å². The number of rotatable bonds is 8. The SMILES string of the molecule is CC(=O)Oc1ccc(N2C(=O)CC(N(CCc3ccc(S(N)(=O)=O)cc3)C(=O)C3C(C)(C)C3(C)C)C2=O)cc1. The van der Waals surface area contributed by atoms with Gasteiger partial charge in [0.2, 0.25) is 21.8 Å². The summed E-state index contributed by atoms with van der Waals surface area (Å²) in [6, 6.07) is 11.1. The molecule has 0 radical (unpaired) electrons. The number of benzene rings is 2. The Hall–Kier alpha value is -3.57. The molecule has 1 saturated carbocycles. The number of hydrogen-bond donors (Lipinski definition) is 1. The third-order valence-corrected chi connectivity index (χ3v) is 9.23. The van der Waals surface area contributed by atoms with Crippen LogP contribution in [0.3, 0.4) is 0 Å². The third-order valence-electron chi connectivity index (χ3n) is 8.30. The number of hydrogen-bond acceptors (Lipinski definition) is 7. The van der Waals surface area contributed by atoms with E-state index < -0.39 is 33.8 Å². The van der Waals surface area contributed by atoms with Gasteiger partial charge in [-0.05, 0) is 59.2 Å². The van der Waals surface area contributed by atoms with Gasteiger partial charge in [0.15, 0.2) is 0 Å². The third kappa shape index (κ3) is 5.33. The summed E-state index contributed by atoms with van der Waals surface area (Å²) >= 11 is 0. The Morgan fingerprint density at radius 2 is 1.56 bits per heavy atom. The fraction of sp³-hybridized carbons (Fsp3) is 0.429. The predicted octanol–water partition coefficient (Wildman–Crippen LogP) is 2.64. The molecule has 10 nitrogen and oxygen atoms in total. The lowest BCUT2D eigenvalue weighted by atomic mass is 10.0. The molecular weight excluding hydrogens is 522 g/mol. The number of carbonyl (C=O) groups excluding carboxylic acids is 4. The molecule has 2 aromatic rings. The zero-order valence-corrected chi connectivity index (χ0v) is 23.4. The van der Waals surface area contributed by atoms with Crippen molar-refractivity contribution in [1.82, 2.24) is 4.90 Å². The molecule has 1 unspecified atom stereocenters. The second-order valence-corrected chi connectivity index (χ2v) is 12.8. The van der Waals surface area contributed by atoms with Crippen LogP contribution >= 0.6 is 0 Å². The lowest BCUT2D eigenvalue weighted by Crippen LogP contribution is -2.47. The summed E-state index contributed by atoms with van der Waals surface area (Å²) in [7, 11) is -3.84. The minimum Gasteiger partial charge on any atom is -0.427 e. The second kappa shape index (κ2) is 9.87. The van der Waals surface area contributed by atoms with E-state index in [1.165, 1.54) is 48.2 Å². The van der Waals surface area contributed by atoms with Crippen LogP contribution in [0.1, 0.15) is 46.6 Å². The van der Waals surface area contributed by atoms with Gasteiger partial charge in [0.1, 0.15) is 11.8 Å². The van der Waals surface area contributed by atoms with E-state index in [9.17, 15) is 27.6 Å². The van der Waals surface area contributed by atoms with Crippen molar-refractivity contribution in [3.63, 3.8) is 0 Å². The zero-order chi connectivity index (χ0) is 28.9. The Balaban J connectivity index is 1.59. The molecule has 11 heteroatoms. The quantitative estimate of drug-likeness (QED) is 0.300. The van der Waals surface area contributed by atoms with Crippen molar-refractivity contribution in [1.29, 1.82) is 0 Å². The van der Waals surface area contributed by atoms with Gasteiger partial charge in [0.05, 0.1) is 17.0 Å².